The van der Waals surface area contributed by atoms with E-state index >= 15 is 0 Å². The molecule has 6 heteroatoms. The van der Waals surface area contributed by atoms with E-state index in [4.69, 9.17) is 0 Å². The Morgan fingerprint density at radius 2 is 1.60 bits per heavy atom. The van der Waals surface area contributed by atoms with Gasteiger partial charge in [-0.05, 0) is 62.9 Å². The Kier molecular flexibility index (Phi) is 13.3. The Hall–Kier alpha value is -1.33. The minimum Gasteiger partial charge on any atom is -0.354 e. The molecule has 30 heavy (non-hydrogen) atoms. The number of amides is 1. The molecule has 0 spiro atoms. The van der Waals surface area contributed by atoms with Gasteiger partial charge in [0.05, 0.1) is 6.54 Å². The van der Waals surface area contributed by atoms with Crippen molar-refractivity contribution in [3.05, 3.63) is 48.0 Å². The number of carbonyl (C=O) groups excluding carboxylic acids is 1. The molecule has 0 radical (unpaired) electrons. The molecule has 0 fully saturated rings. The second kappa shape index (κ2) is 13.9. The minimum atomic E-state index is -0.0793. The topological polar surface area (TPSA) is 35.6 Å². The highest BCUT2D eigenvalue weighted by Crippen LogP contribution is 2.36. The highest BCUT2D eigenvalue weighted by molar-refractivity contribution is 5.87. The zero-order valence-corrected chi connectivity index (χ0v) is 20.7. The lowest BCUT2D eigenvalue weighted by atomic mass is 9.73. The third-order valence-corrected chi connectivity index (χ3v) is 5.96. The predicted molar refractivity (Wildman–Crippen MR) is 134 cm³/mol. The number of fused-ring (bicyclic) bond motifs is 1. The van der Waals surface area contributed by atoms with Crippen LogP contribution in [0.1, 0.15) is 39.2 Å². The lowest BCUT2D eigenvalue weighted by Gasteiger charge is -2.36. The maximum Gasteiger partial charge on any atom is 0.234 e. The van der Waals surface area contributed by atoms with Gasteiger partial charge < -0.3 is 10.2 Å². The molecule has 0 aliphatic heterocycles. The van der Waals surface area contributed by atoms with Gasteiger partial charge in [0, 0.05) is 12.0 Å². The summed E-state index contributed by atoms with van der Waals surface area (Å²) in [5.41, 5.74) is 1.27. The zero-order chi connectivity index (χ0) is 20.6. The van der Waals surface area contributed by atoms with Crippen LogP contribution in [0.25, 0.3) is 10.8 Å². The van der Waals surface area contributed by atoms with Crippen molar-refractivity contribution in [3.63, 3.8) is 0 Å². The SMILES string of the molecule is CCN(CC)CC(=O)NCC(CC)(CCN(C)C)c1cccc2ccccc12.Cl.Cl. The van der Waals surface area contributed by atoms with Crippen LogP contribution in [-0.4, -0.2) is 62.5 Å². The number of likely N-dealkylation sites (N-methyl/N-ethyl adjacent to an activating group) is 1. The number of nitrogens with zero attached hydrogens (tertiary/aromatic N) is 2. The molecule has 1 amide bonds. The second-order valence-corrected chi connectivity index (χ2v) is 7.95. The van der Waals surface area contributed by atoms with Crippen LogP contribution >= 0.6 is 24.8 Å². The summed E-state index contributed by atoms with van der Waals surface area (Å²) in [6.45, 7) is 10.4. The Morgan fingerprint density at radius 3 is 2.20 bits per heavy atom. The number of rotatable bonds is 11. The number of carbonyl (C=O) groups is 1. The molecule has 0 aliphatic rings. The number of hydrogen-bond donors (Lipinski definition) is 1. The van der Waals surface area contributed by atoms with Crippen LogP contribution in [0.15, 0.2) is 42.5 Å². The molecule has 170 valence electrons. The molecule has 2 aromatic carbocycles. The molecule has 1 unspecified atom stereocenters. The first-order valence-electron chi connectivity index (χ1n) is 10.6. The van der Waals surface area contributed by atoms with Gasteiger partial charge in [-0.15, -0.1) is 24.8 Å². The fourth-order valence-electron chi connectivity index (χ4n) is 3.91. The molecule has 0 aromatic heterocycles. The molecule has 1 atom stereocenters. The van der Waals surface area contributed by atoms with E-state index in [0.29, 0.717) is 13.1 Å². The van der Waals surface area contributed by atoms with Gasteiger partial charge in [-0.2, -0.15) is 0 Å². The summed E-state index contributed by atoms with van der Waals surface area (Å²) in [5, 5.41) is 5.82. The molecule has 0 aliphatic carbocycles. The first kappa shape index (κ1) is 28.7. The van der Waals surface area contributed by atoms with Crippen LogP contribution < -0.4 is 5.32 Å². The third-order valence-electron chi connectivity index (χ3n) is 5.96. The van der Waals surface area contributed by atoms with E-state index in [0.717, 1.165) is 32.5 Å². The molecular weight excluding hydrogens is 417 g/mol. The quantitative estimate of drug-likeness (QED) is 0.531. The number of hydrogen-bond acceptors (Lipinski definition) is 3. The van der Waals surface area contributed by atoms with Crippen molar-refractivity contribution in [1.29, 1.82) is 0 Å². The van der Waals surface area contributed by atoms with E-state index in [1.165, 1.54) is 16.3 Å². The normalized spacial score (nSPS) is 12.9. The van der Waals surface area contributed by atoms with Crippen LogP contribution in [-0.2, 0) is 10.2 Å². The Labute approximate surface area is 195 Å². The second-order valence-electron chi connectivity index (χ2n) is 7.95. The van der Waals surface area contributed by atoms with Crippen molar-refractivity contribution < 1.29 is 4.79 Å². The zero-order valence-electron chi connectivity index (χ0n) is 19.1. The minimum absolute atomic E-state index is 0. The van der Waals surface area contributed by atoms with Gasteiger partial charge in [0.2, 0.25) is 5.91 Å². The Morgan fingerprint density at radius 1 is 0.967 bits per heavy atom. The van der Waals surface area contributed by atoms with Crippen LogP contribution in [0.2, 0.25) is 0 Å². The van der Waals surface area contributed by atoms with E-state index < -0.39 is 0 Å². The molecular formula is C24H39Cl2N3O. The molecule has 4 nitrogen and oxygen atoms in total. The van der Waals surface area contributed by atoms with Gasteiger partial charge in [-0.3, -0.25) is 9.69 Å². The smallest absolute Gasteiger partial charge is 0.234 e. The summed E-state index contributed by atoms with van der Waals surface area (Å²) >= 11 is 0. The molecule has 0 saturated carbocycles. The molecule has 2 aromatic rings. The monoisotopic (exact) mass is 455 g/mol. The van der Waals surface area contributed by atoms with Gasteiger partial charge in [-0.1, -0.05) is 63.2 Å². The van der Waals surface area contributed by atoms with E-state index in [2.05, 4.69) is 92.4 Å². The van der Waals surface area contributed by atoms with Crippen molar-refractivity contribution in [1.82, 2.24) is 15.1 Å². The van der Waals surface area contributed by atoms with Crippen LogP contribution in [0.4, 0.5) is 0 Å². The van der Waals surface area contributed by atoms with Gasteiger partial charge in [-0.25, -0.2) is 0 Å². The summed E-state index contributed by atoms with van der Waals surface area (Å²) in [7, 11) is 4.23. The number of benzene rings is 2. The molecule has 2 rings (SSSR count). The maximum absolute atomic E-state index is 12.6. The van der Waals surface area contributed by atoms with Crippen LogP contribution in [0.5, 0.6) is 0 Å². The van der Waals surface area contributed by atoms with E-state index in [9.17, 15) is 4.79 Å². The maximum atomic E-state index is 12.6. The first-order chi connectivity index (χ1) is 13.5. The Balaban J connectivity index is 0.00000420. The summed E-state index contributed by atoms with van der Waals surface area (Å²) in [5.74, 6) is 0.117. The van der Waals surface area contributed by atoms with Gasteiger partial charge in [0.25, 0.3) is 0 Å². The van der Waals surface area contributed by atoms with Gasteiger partial charge in [0.15, 0.2) is 0 Å². The number of nitrogens with one attached hydrogen (secondary N) is 1. The lowest BCUT2D eigenvalue weighted by molar-refractivity contribution is -0.122. The molecule has 0 saturated heterocycles. The fourth-order valence-corrected chi connectivity index (χ4v) is 3.91. The molecule has 0 heterocycles. The number of halogens is 2. The lowest BCUT2D eigenvalue weighted by Crippen LogP contribution is -2.45. The van der Waals surface area contributed by atoms with Gasteiger partial charge in [0.1, 0.15) is 0 Å². The van der Waals surface area contributed by atoms with E-state index in [1.807, 2.05) is 0 Å². The largest absolute Gasteiger partial charge is 0.354 e. The third kappa shape index (κ3) is 7.42. The van der Waals surface area contributed by atoms with Gasteiger partial charge >= 0.3 is 0 Å². The van der Waals surface area contributed by atoms with E-state index in [1.54, 1.807) is 0 Å². The fraction of sp³-hybridized carbons (Fsp3) is 0.542. The summed E-state index contributed by atoms with van der Waals surface area (Å²) in [6.07, 6.45) is 2.00. The first-order valence-corrected chi connectivity index (χ1v) is 10.6. The average molecular weight is 457 g/mol. The van der Waals surface area contributed by atoms with Crippen molar-refractivity contribution in [2.75, 3.05) is 46.8 Å². The predicted octanol–water partition coefficient (Wildman–Crippen LogP) is 4.74. The van der Waals surface area contributed by atoms with Crippen molar-refractivity contribution in [2.24, 2.45) is 0 Å². The van der Waals surface area contributed by atoms with Crippen molar-refractivity contribution >= 4 is 41.5 Å². The summed E-state index contributed by atoms with van der Waals surface area (Å²) in [6, 6.07) is 15.1. The van der Waals surface area contributed by atoms with Crippen molar-refractivity contribution in [3.8, 4) is 0 Å². The highest BCUT2D eigenvalue weighted by Gasteiger charge is 2.32. The Bertz CT molecular complexity index is 760. The average Bonchev–Trinajstić information content (AvgIpc) is 2.72. The molecule has 0 bridgehead atoms. The highest BCUT2D eigenvalue weighted by atomic mass is 35.5. The summed E-state index contributed by atoms with van der Waals surface area (Å²) < 4.78 is 0. The van der Waals surface area contributed by atoms with Crippen LogP contribution in [0, 0.1) is 0 Å². The van der Waals surface area contributed by atoms with Crippen molar-refractivity contribution in [2.45, 2.75) is 39.0 Å². The molecule has 1 N–H and O–H groups in total. The van der Waals surface area contributed by atoms with E-state index in [-0.39, 0.29) is 36.1 Å². The van der Waals surface area contributed by atoms with Crippen LogP contribution in [0.3, 0.4) is 0 Å². The standard InChI is InChI=1S/C24H37N3O.2ClH/c1-6-24(16-17-26(4)5,19-25-23(28)18-27(7-2)8-3)22-15-11-13-20-12-9-10-14-21(20)22;;/h9-15H,6-8,16-19H2,1-5H3,(H,25,28);2*1H. The summed E-state index contributed by atoms with van der Waals surface area (Å²) in [4.78, 5) is 17.0.